The van der Waals surface area contributed by atoms with Crippen molar-refractivity contribution in [3.8, 4) is 5.75 Å². The zero-order chi connectivity index (χ0) is 15.2. The molecule has 3 N–H and O–H groups in total. The Balaban J connectivity index is 2.03. The molecule has 0 saturated heterocycles. The van der Waals surface area contributed by atoms with Gasteiger partial charge in [-0.25, -0.2) is 0 Å². The molecule has 4 nitrogen and oxygen atoms in total. The number of benzene rings is 2. The summed E-state index contributed by atoms with van der Waals surface area (Å²) in [7, 11) is 0. The monoisotopic (exact) mass is 368 g/mol. The third-order valence-corrected chi connectivity index (χ3v) is 3.91. The Morgan fingerprint density at radius 3 is 2.57 bits per heavy atom. The Labute approximate surface area is 136 Å². The van der Waals surface area contributed by atoms with Crippen molar-refractivity contribution in [1.82, 2.24) is 0 Å². The van der Waals surface area contributed by atoms with E-state index in [0.29, 0.717) is 35.2 Å². The van der Waals surface area contributed by atoms with Crippen LogP contribution in [0.2, 0.25) is 5.02 Å². The fourth-order valence-corrected chi connectivity index (χ4v) is 2.08. The largest absolute Gasteiger partial charge is 0.492 e. The van der Waals surface area contributed by atoms with Gasteiger partial charge in [0.15, 0.2) is 0 Å². The molecule has 6 heteroatoms. The van der Waals surface area contributed by atoms with Crippen LogP contribution in [0.3, 0.4) is 0 Å². The third kappa shape index (κ3) is 4.46. The molecule has 0 fully saturated rings. The maximum atomic E-state index is 12.1. The zero-order valence-corrected chi connectivity index (χ0v) is 13.4. The lowest BCUT2D eigenvalue weighted by molar-refractivity contribution is 0.102. The highest BCUT2D eigenvalue weighted by Gasteiger charge is 2.08. The Morgan fingerprint density at radius 2 is 1.95 bits per heavy atom. The fraction of sp³-hybridized carbons (Fsp3) is 0.133. The highest BCUT2D eigenvalue weighted by Crippen LogP contribution is 2.24. The number of amides is 1. The average Bonchev–Trinajstić information content (AvgIpc) is 2.49. The highest BCUT2D eigenvalue weighted by atomic mass is 79.9. The van der Waals surface area contributed by atoms with Gasteiger partial charge in [0.1, 0.15) is 12.4 Å². The summed E-state index contributed by atoms with van der Waals surface area (Å²) in [5.74, 6) is 0.491. The number of halogens is 2. The van der Waals surface area contributed by atoms with E-state index in [1.54, 1.807) is 42.5 Å². The number of hydrogen-bond acceptors (Lipinski definition) is 3. The number of nitrogens with two attached hydrogens (primary N) is 1. The normalized spacial score (nSPS) is 10.2. The first-order valence-electron chi connectivity index (χ1n) is 6.29. The predicted octanol–water partition coefficient (Wildman–Crippen LogP) is 3.69. The molecule has 2 rings (SSSR count). The summed E-state index contributed by atoms with van der Waals surface area (Å²) in [6.45, 7) is 0.923. The summed E-state index contributed by atoms with van der Waals surface area (Å²) >= 11 is 9.26. The van der Waals surface area contributed by atoms with Gasteiger partial charge in [-0.1, -0.05) is 11.6 Å². The van der Waals surface area contributed by atoms with Gasteiger partial charge < -0.3 is 15.8 Å². The average molecular weight is 370 g/mol. The minimum Gasteiger partial charge on any atom is -0.492 e. The van der Waals surface area contributed by atoms with E-state index in [4.69, 9.17) is 22.1 Å². The van der Waals surface area contributed by atoms with Gasteiger partial charge in [-0.05, 0) is 58.4 Å². The first kappa shape index (κ1) is 15.8. The molecule has 0 aliphatic carbocycles. The molecule has 2 aromatic rings. The van der Waals surface area contributed by atoms with Crippen molar-refractivity contribution >= 4 is 39.1 Å². The number of nitrogens with one attached hydrogen (secondary N) is 1. The molecule has 0 bridgehead atoms. The molecule has 0 spiro atoms. The fourth-order valence-electron chi connectivity index (χ4n) is 1.65. The van der Waals surface area contributed by atoms with Crippen LogP contribution in [-0.4, -0.2) is 19.1 Å². The number of carbonyl (C=O) groups is 1. The summed E-state index contributed by atoms with van der Waals surface area (Å²) in [5, 5.41) is 3.29. The Morgan fingerprint density at radius 1 is 1.24 bits per heavy atom. The second-order valence-corrected chi connectivity index (χ2v) is 5.51. The van der Waals surface area contributed by atoms with Gasteiger partial charge in [-0.3, -0.25) is 4.79 Å². The SMILES string of the molecule is NCCOc1ccc(NC(=O)c2ccc(Br)c(Cl)c2)cc1. The molecule has 1 amide bonds. The van der Waals surface area contributed by atoms with E-state index in [2.05, 4.69) is 21.2 Å². The van der Waals surface area contributed by atoms with Crippen LogP contribution >= 0.6 is 27.5 Å². The van der Waals surface area contributed by atoms with Gasteiger partial charge in [0.2, 0.25) is 0 Å². The molecule has 0 radical (unpaired) electrons. The van der Waals surface area contributed by atoms with Crippen LogP contribution in [0, 0.1) is 0 Å². The van der Waals surface area contributed by atoms with E-state index in [-0.39, 0.29) is 5.91 Å². The molecule has 0 unspecified atom stereocenters. The smallest absolute Gasteiger partial charge is 0.255 e. The van der Waals surface area contributed by atoms with Crippen LogP contribution in [0.1, 0.15) is 10.4 Å². The molecule has 0 aliphatic heterocycles. The van der Waals surface area contributed by atoms with Crippen LogP contribution in [-0.2, 0) is 0 Å². The molecule has 21 heavy (non-hydrogen) atoms. The lowest BCUT2D eigenvalue weighted by atomic mass is 10.2. The predicted molar refractivity (Wildman–Crippen MR) is 88.1 cm³/mol. The van der Waals surface area contributed by atoms with Crippen molar-refractivity contribution in [3.63, 3.8) is 0 Å². The Kier molecular flexibility index (Phi) is 5.61. The van der Waals surface area contributed by atoms with Crippen LogP contribution in [0.15, 0.2) is 46.9 Å². The first-order valence-corrected chi connectivity index (χ1v) is 7.46. The molecule has 0 aromatic heterocycles. The summed E-state index contributed by atoms with van der Waals surface area (Å²) < 4.78 is 6.12. The number of rotatable bonds is 5. The number of carbonyl (C=O) groups excluding carboxylic acids is 1. The van der Waals surface area contributed by atoms with Crippen molar-refractivity contribution < 1.29 is 9.53 Å². The second-order valence-electron chi connectivity index (χ2n) is 4.24. The van der Waals surface area contributed by atoms with E-state index in [1.165, 1.54) is 0 Å². The molecule has 0 aliphatic rings. The van der Waals surface area contributed by atoms with Crippen molar-refractivity contribution in [2.24, 2.45) is 5.73 Å². The highest BCUT2D eigenvalue weighted by molar-refractivity contribution is 9.10. The van der Waals surface area contributed by atoms with Gasteiger partial charge in [0.05, 0.1) is 5.02 Å². The standard InChI is InChI=1S/C15H14BrClN2O2/c16-13-6-1-10(9-14(13)17)15(20)19-11-2-4-12(5-3-11)21-8-7-18/h1-6,9H,7-8,18H2,(H,19,20). The summed E-state index contributed by atoms with van der Waals surface area (Å²) in [6, 6.07) is 12.1. The van der Waals surface area contributed by atoms with Crippen LogP contribution in [0.4, 0.5) is 5.69 Å². The second kappa shape index (κ2) is 7.45. The van der Waals surface area contributed by atoms with E-state index < -0.39 is 0 Å². The topological polar surface area (TPSA) is 64.3 Å². The van der Waals surface area contributed by atoms with Gasteiger partial charge in [0.25, 0.3) is 5.91 Å². The van der Waals surface area contributed by atoms with Crippen molar-refractivity contribution in [2.75, 3.05) is 18.5 Å². The van der Waals surface area contributed by atoms with Gasteiger partial charge >= 0.3 is 0 Å². The summed E-state index contributed by atoms with van der Waals surface area (Å²) in [5.41, 5.74) is 6.54. The van der Waals surface area contributed by atoms with Crippen LogP contribution < -0.4 is 15.8 Å². The number of anilines is 1. The maximum Gasteiger partial charge on any atom is 0.255 e. The van der Waals surface area contributed by atoms with E-state index in [0.717, 1.165) is 4.47 Å². The molecule has 0 atom stereocenters. The number of hydrogen-bond donors (Lipinski definition) is 2. The maximum absolute atomic E-state index is 12.1. The van der Waals surface area contributed by atoms with E-state index >= 15 is 0 Å². The molecule has 0 heterocycles. The lowest BCUT2D eigenvalue weighted by Gasteiger charge is -2.08. The molecular formula is C15H14BrClN2O2. The molecule has 0 saturated carbocycles. The van der Waals surface area contributed by atoms with Crippen LogP contribution in [0.5, 0.6) is 5.75 Å². The minimum atomic E-state index is -0.222. The molecular weight excluding hydrogens is 356 g/mol. The van der Waals surface area contributed by atoms with Gasteiger partial charge in [-0.15, -0.1) is 0 Å². The molecule has 2 aromatic carbocycles. The molecule has 110 valence electrons. The third-order valence-electron chi connectivity index (χ3n) is 2.68. The Bertz CT molecular complexity index is 632. The van der Waals surface area contributed by atoms with E-state index in [9.17, 15) is 4.79 Å². The van der Waals surface area contributed by atoms with Crippen molar-refractivity contribution in [3.05, 3.63) is 57.5 Å². The number of ether oxygens (including phenoxy) is 1. The quantitative estimate of drug-likeness (QED) is 0.845. The van der Waals surface area contributed by atoms with Gasteiger partial charge in [-0.2, -0.15) is 0 Å². The van der Waals surface area contributed by atoms with Crippen LogP contribution in [0.25, 0.3) is 0 Å². The van der Waals surface area contributed by atoms with Crippen molar-refractivity contribution in [2.45, 2.75) is 0 Å². The summed E-state index contributed by atoms with van der Waals surface area (Å²) in [4.78, 5) is 12.1. The summed E-state index contributed by atoms with van der Waals surface area (Å²) in [6.07, 6.45) is 0. The lowest BCUT2D eigenvalue weighted by Crippen LogP contribution is -2.12. The minimum absolute atomic E-state index is 0.222. The zero-order valence-electron chi connectivity index (χ0n) is 11.1. The first-order chi connectivity index (χ1) is 10.1. The Hall–Kier alpha value is -1.56. The van der Waals surface area contributed by atoms with Crippen molar-refractivity contribution in [1.29, 1.82) is 0 Å². The van der Waals surface area contributed by atoms with E-state index in [1.807, 2.05) is 0 Å². The van der Waals surface area contributed by atoms with Gasteiger partial charge in [0, 0.05) is 22.3 Å².